The maximum atomic E-state index is 13.2. The van der Waals surface area contributed by atoms with Crippen molar-refractivity contribution in [2.24, 2.45) is 0 Å². The molecule has 3 aromatic heterocycles. The summed E-state index contributed by atoms with van der Waals surface area (Å²) < 4.78 is 14.9. The molecule has 7 rings (SSSR count). The molecule has 9 nitrogen and oxygen atoms in total. The van der Waals surface area contributed by atoms with Crippen molar-refractivity contribution in [3.8, 4) is 11.1 Å². The summed E-state index contributed by atoms with van der Waals surface area (Å²) in [5.41, 5.74) is 3.34. The number of thiophene rings is 1. The number of carbonyl (C=O) groups excluding carboxylic acids is 1. The Balaban J connectivity index is 1.29. The van der Waals surface area contributed by atoms with Gasteiger partial charge in [-0.05, 0) is 37.3 Å². The van der Waals surface area contributed by atoms with Crippen molar-refractivity contribution >= 4 is 54.6 Å². The van der Waals surface area contributed by atoms with Crippen LogP contribution in [-0.4, -0.2) is 85.9 Å². The van der Waals surface area contributed by atoms with Gasteiger partial charge in [-0.25, -0.2) is 4.98 Å². The Morgan fingerprint density at radius 2 is 1.81 bits per heavy atom. The Labute approximate surface area is 247 Å². The molecule has 42 heavy (non-hydrogen) atoms. The second-order valence-electron chi connectivity index (χ2n) is 11.0. The first-order chi connectivity index (χ1) is 20.5. The van der Waals surface area contributed by atoms with Gasteiger partial charge < -0.3 is 19.3 Å². The molecule has 2 fully saturated rings. The Hall–Kier alpha value is -3.83. The van der Waals surface area contributed by atoms with Gasteiger partial charge in [0.05, 0.1) is 39.0 Å². The molecule has 1 unspecified atom stereocenters. The number of carbonyl (C=O) groups is 1. The molecule has 5 heterocycles. The summed E-state index contributed by atoms with van der Waals surface area (Å²) >= 11 is 1.72. The minimum absolute atomic E-state index is 0.0640. The lowest BCUT2D eigenvalue weighted by atomic mass is 10.0. The zero-order chi connectivity index (χ0) is 28.8. The highest BCUT2D eigenvalue weighted by Crippen LogP contribution is 2.42. The van der Waals surface area contributed by atoms with E-state index in [1.165, 1.54) is 0 Å². The van der Waals surface area contributed by atoms with Crippen LogP contribution in [-0.2, 0) is 14.3 Å². The number of morpholine rings is 2. The van der Waals surface area contributed by atoms with E-state index in [1.54, 1.807) is 32.9 Å². The average molecular weight is 584 g/mol. The van der Waals surface area contributed by atoms with Gasteiger partial charge in [0, 0.05) is 75.9 Å². The monoisotopic (exact) mass is 583 g/mol. The zero-order valence-corrected chi connectivity index (χ0v) is 24.6. The maximum Gasteiger partial charge on any atom is 0.259 e. The number of ether oxygens (including phenoxy) is 2. The number of nitrogens with zero attached hydrogens (tertiary/aromatic N) is 5. The summed E-state index contributed by atoms with van der Waals surface area (Å²) in [6.45, 7) is 7.28. The number of anilines is 2. The summed E-state index contributed by atoms with van der Waals surface area (Å²) in [6, 6.07) is 18.2. The molecule has 2 saturated heterocycles. The van der Waals surface area contributed by atoms with Gasteiger partial charge in [0.1, 0.15) is 11.5 Å². The van der Waals surface area contributed by atoms with Crippen molar-refractivity contribution in [1.82, 2.24) is 14.3 Å². The van der Waals surface area contributed by atoms with Gasteiger partial charge in [-0.15, -0.1) is 11.3 Å². The Morgan fingerprint density at radius 3 is 2.64 bits per heavy atom. The highest BCUT2D eigenvalue weighted by atomic mass is 32.1. The third kappa shape index (κ3) is 4.84. The Morgan fingerprint density at radius 1 is 1.00 bits per heavy atom. The summed E-state index contributed by atoms with van der Waals surface area (Å²) in [7, 11) is 1.84. The predicted octanol–water partition coefficient (Wildman–Crippen LogP) is 4.25. The number of hydrogen-bond donors (Lipinski definition) is 0. The fourth-order valence-electron chi connectivity index (χ4n) is 5.95. The number of hydrogen-bond acceptors (Lipinski definition) is 8. The quantitative estimate of drug-likeness (QED) is 0.306. The van der Waals surface area contributed by atoms with Crippen molar-refractivity contribution in [3.05, 3.63) is 71.1 Å². The van der Waals surface area contributed by atoms with Gasteiger partial charge >= 0.3 is 0 Å². The lowest BCUT2D eigenvalue weighted by molar-refractivity contribution is -0.120. The first-order valence-corrected chi connectivity index (χ1v) is 15.2. The van der Waals surface area contributed by atoms with E-state index < -0.39 is 0 Å². The normalized spacial score (nSPS) is 18.2. The van der Waals surface area contributed by atoms with Gasteiger partial charge in [0.15, 0.2) is 0 Å². The largest absolute Gasteiger partial charge is 0.379 e. The van der Waals surface area contributed by atoms with Crippen LogP contribution < -0.4 is 15.4 Å². The topological polar surface area (TPSA) is 79.6 Å². The second kappa shape index (κ2) is 11.1. The molecule has 216 valence electrons. The van der Waals surface area contributed by atoms with Crippen LogP contribution in [0.1, 0.15) is 6.92 Å². The van der Waals surface area contributed by atoms with E-state index in [0.717, 1.165) is 50.1 Å². The van der Waals surface area contributed by atoms with Crippen molar-refractivity contribution in [2.75, 3.05) is 69.5 Å². The van der Waals surface area contributed by atoms with Crippen LogP contribution in [0.3, 0.4) is 0 Å². The molecule has 0 radical (unpaired) electrons. The highest BCUT2D eigenvalue weighted by Gasteiger charge is 2.23. The summed E-state index contributed by atoms with van der Waals surface area (Å²) in [6.07, 6.45) is 1.78. The van der Waals surface area contributed by atoms with Crippen LogP contribution in [0.5, 0.6) is 0 Å². The average Bonchev–Trinajstić information content (AvgIpc) is 3.39. The molecule has 1 atom stereocenters. The first-order valence-electron chi connectivity index (χ1n) is 14.4. The van der Waals surface area contributed by atoms with E-state index in [-0.39, 0.29) is 17.5 Å². The van der Waals surface area contributed by atoms with Crippen LogP contribution in [0.25, 0.3) is 36.9 Å². The van der Waals surface area contributed by atoms with E-state index in [1.807, 2.05) is 25.2 Å². The molecule has 10 heteroatoms. The SMILES string of the molecule is CC1COCCN1c1cc(=O)n2cccc(-c3cccc4c3sc3ccc(N(C)C(=O)CN5CCOCC5)cc34)c2n1. The zero-order valence-electron chi connectivity index (χ0n) is 23.8. The molecule has 5 aromatic rings. The molecule has 2 aromatic carbocycles. The first kappa shape index (κ1) is 27.0. The summed E-state index contributed by atoms with van der Waals surface area (Å²) in [5.74, 6) is 0.746. The number of rotatable bonds is 5. The van der Waals surface area contributed by atoms with Gasteiger partial charge in [-0.2, -0.15) is 0 Å². The second-order valence-corrected chi connectivity index (χ2v) is 12.0. The third-order valence-electron chi connectivity index (χ3n) is 8.33. The van der Waals surface area contributed by atoms with Gasteiger partial charge in [-0.1, -0.05) is 18.2 Å². The molecule has 0 aliphatic carbocycles. The van der Waals surface area contributed by atoms with Crippen molar-refractivity contribution in [2.45, 2.75) is 13.0 Å². The van der Waals surface area contributed by atoms with Crippen LogP contribution in [0.2, 0.25) is 0 Å². The molecule has 0 saturated carbocycles. The lowest BCUT2D eigenvalue weighted by Gasteiger charge is -2.34. The summed E-state index contributed by atoms with van der Waals surface area (Å²) in [4.78, 5) is 37.4. The van der Waals surface area contributed by atoms with Crippen molar-refractivity contribution < 1.29 is 14.3 Å². The number of amides is 1. The van der Waals surface area contributed by atoms with Crippen LogP contribution in [0, 0.1) is 0 Å². The molecule has 0 N–H and O–H groups in total. The number of pyridine rings is 1. The Bertz CT molecular complexity index is 1860. The molecule has 0 bridgehead atoms. The van der Waals surface area contributed by atoms with E-state index in [9.17, 15) is 9.59 Å². The molecule has 1 amide bonds. The smallest absolute Gasteiger partial charge is 0.259 e. The molecule has 2 aliphatic rings. The van der Waals surface area contributed by atoms with Crippen molar-refractivity contribution in [1.29, 1.82) is 0 Å². The molecule has 2 aliphatic heterocycles. The fourth-order valence-corrected chi connectivity index (χ4v) is 7.16. The van der Waals surface area contributed by atoms with E-state index >= 15 is 0 Å². The van der Waals surface area contributed by atoms with E-state index in [0.29, 0.717) is 51.0 Å². The lowest BCUT2D eigenvalue weighted by Crippen LogP contribution is -2.44. The molecular formula is C32H33N5O4S. The van der Waals surface area contributed by atoms with Crippen LogP contribution in [0.15, 0.2) is 65.6 Å². The molecule has 0 spiro atoms. The third-order valence-corrected chi connectivity index (χ3v) is 9.55. The van der Waals surface area contributed by atoms with E-state index in [4.69, 9.17) is 14.5 Å². The highest BCUT2D eigenvalue weighted by molar-refractivity contribution is 7.26. The standard InChI is InChI=1S/C32H33N5O4S/c1-21-20-41-16-13-36(21)28-18-29(38)37-10-4-7-25(32(37)33-28)23-5-3-6-24-26-17-22(8-9-27(26)42-31(23)24)34(2)30(39)19-35-11-14-40-15-12-35/h3-10,17-18,21H,11-16,19-20H2,1-2H3. The van der Waals surface area contributed by atoms with E-state index in [2.05, 4.69) is 47.1 Å². The van der Waals surface area contributed by atoms with Gasteiger partial charge in [0.2, 0.25) is 5.91 Å². The summed E-state index contributed by atoms with van der Waals surface area (Å²) in [5, 5.41) is 2.22. The minimum Gasteiger partial charge on any atom is -0.379 e. The van der Waals surface area contributed by atoms with Crippen LogP contribution >= 0.6 is 11.3 Å². The predicted molar refractivity (Wildman–Crippen MR) is 168 cm³/mol. The number of benzene rings is 2. The molecular weight excluding hydrogens is 550 g/mol. The van der Waals surface area contributed by atoms with Gasteiger partial charge in [0.25, 0.3) is 5.56 Å². The van der Waals surface area contributed by atoms with Crippen LogP contribution in [0.4, 0.5) is 11.5 Å². The number of fused-ring (bicyclic) bond motifs is 4. The minimum atomic E-state index is -0.103. The maximum absolute atomic E-state index is 13.2. The Kier molecular flexibility index (Phi) is 7.15. The number of aromatic nitrogens is 2. The fraction of sp³-hybridized carbons (Fsp3) is 0.344. The van der Waals surface area contributed by atoms with Gasteiger partial charge in [-0.3, -0.25) is 18.9 Å². The number of likely N-dealkylation sites (N-methyl/N-ethyl adjacent to an activating group) is 1. The van der Waals surface area contributed by atoms with Crippen molar-refractivity contribution in [3.63, 3.8) is 0 Å².